The minimum Gasteiger partial charge on any atom is -0.545 e. The van der Waals surface area contributed by atoms with Crippen LogP contribution in [-0.2, 0) is 6.54 Å². The second-order valence-corrected chi connectivity index (χ2v) is 3.92. The molecule has 4 nitrogen and oxygen atoms in total. The van der Waals surface area contributed by atoms with Crippen LogP contribution in [0.1, 0.15) is 17.3 Å². The van der Waals surface area contributed by atoms with Gasteiger partial charge in [-0.25, -0.2) is 0 Å². The van der Waals surface area contributed by atoms with Gasteiger partial charge in [-0.1, -0.05) is 29.8 Å². The van der Waals surface area contributed by atoms with E-state index in [0.29, 0.717) is 22.8 Å². The van der Waals surface area contributed by atoms with Gasteiger partial charge in [0.1, 0.15) is 5.69 Å². The van der Waals surface area contributed by atoms with Crippen molar-refractivity contribution in [2.24, 2.45) is 0 Å². The first-order valence-electron chi connectivity index (χ1n) is 5.17. The zero-order chi connectivity index (χ0) is 12.4. The smallest absolute Gasteiger partial charge is 0.103 e. The molecular weight excluding hydrogens is 240 g/mol. The summed E-state index contributed by atoms with van der Waals surface area (Å²) in [5.74, 6) is -1.25. The van der Waals surface area contributed by atoms with Crippen molar-refractivity contribution in [2.75, 3.05) is 0 Å². The van der Waals surface area contributed by atoms with Crippen LogP contribution in [0.3, 0.4) is 0 Å². The van der Waals surface area contributed by atoms with Crippen molar-refractivity contribution in [3.05, 3.63) is 41.0 Å². The molecule has 0 bridgehead atoms. The average molecular weight is 250 g/mol. The first kappa shape index (κ1) is 11.7. The van der Waals surface area contributed by atoms with E-state index in [1.165, 1.54) is 6.20 Å². The molecule has 0 aliphatic carbocycles. The predicted molar refractivity (Wildman–Crippen MR) is 62.7 cm³/mol. The third kappa shape index (κ3) is 2.17. The first-order valence-corrected chi connectivity index (χ1v) is 5.55. The first-order chi connectivity index (χ1) is 8.13. The van der Waals surface area contributed by atoms with Gasteiger partial charge in [0, 0.05) is 23.9 Å². The number of halogens is 1. The van der Waals surface area contributed by atoms with Gasteiger partial charge < -0.3 is 9.90 Å². The second-order valence-electron chi connectivity index (χ2n) is 3.51. The fourth-order valence-corrected chi connectivity index (χ4v) is 1.81. The molecule has 0 fully saturated rings. The van der Waals surface area contributed by atoms with Crippen LogP contribution >= 0.6 is 11.6 Å². The highest BCUT2D eigenvalue weighted by molar-refractivity contribution is 6.33. The van der Waals surface area contributed by atoms with E-state index in [4.69, 9.17) is 11.6 Å². The maximum absolute atomic E-state index is 11.0. The molecule has 2 aromatic rings. The number of rotatable bonds is 3. The molecule has 88 valence electrons. The summed E-state index contributed by atoms with van der Waals surface area (Å²) in [7, 11) is 0. The molecule has 0 amide bonds. The lowest BCUT2D eigenvalue weighted by Crippen LogP contribution is -2.22. The molecule has 5 heteroatoms. The lowest BCUT2D eigenvalue weighted by atomic mass is 10.1. The second kappa shape index (κ2) is 4.59. The van der Waals surface area contributed by atoms with Crippen LogP contribution in [0.2, 0.25) is 5.02 Å². The molecule has 0 saturated heterocycles. The Balaban J connectivity index is 2.62. The van der Waals surface area contributed by atoms with Crippen LogP contribution in [0.5, 0.6) is 0 Å². The molecule has 0 unspecified atom stereocenters. The molecule has 1 aromatic carbocycles. The summed E-state index contributed by atoms with van der Waals surface area (Å²) in [4.78, 5) is 11.0. The predicted octanol–water partition coefficient (Wildman–Crippen LogP) is 1.59. The number of aromatic carboxylic acids is 1. The Labute approximate surface area is 103 Å². The zero-order valence-electron chi connectivity index (χ0n) is 9.18. The fraction of sp³-hybridized carbons (Fsp3) is 0.167. The van der Waals surface area contributed by atoms with E-state index in [-0.39, 0.29) is 5.56 Å². The summed E-state index contributed by atoms with van der Waals surface area (Å²) >= 11 is 6.03. The van der Waals surface area contributed by atoms with Crippen molar-refractivity contribution < 1.29 is 9.90 Å². The minimum atomic E-state index is -1.25. The molecule has 2 rings (SSSR count). The Morgan fingerprint density at radius 3 is 2.76 bits per heavy atom. The van der Waals surface area contributed by atoms with Gasteiger partial charge in [-0.15, -0.1) is 0 Å². The summed E-state index contributed by atoms with van der Waals surface area (Å²) in [6, 6.07) is 6.99. The minimum absolute atomic E-state index is 0.0555. The van der Waals surface area contributed by atoms with Crippen molar-refractivity contribution in [3.63, 3.8) is 0 Å². The van der Waals surface area contributed by atoms with Crippen LogP contribution < -0.4 is 5.11 Å². The third-order valence-electron chi connectivity index (χ3n) is 2.43. The van der Waals surface area contributed by atoms with Crippen LogP contribution in [0.15, 0.2) is 30.5 Å². The van der Waals surface area contributed by atoms with E-state index in [9.17, 15) is 9.90 Å². The number of hydrogen-bond acceptors (Lipinski definition) is 3. The van der Waals surface area contributed by atoms with E-state index in [1.54, 1.807) is 28.9 Å². The van der Waals surface area contributed by atoms with Crippen LogP contribution in [0.4, 0.5) is 0 Å². The standard InChI is InChI=1S/C12H11ClN2O2/c1-2-15-7-9(12(16)17)11(14-15)8-5-3-4-6-10(8)13/h3-7H,2H2,1H3,(H,16,17)/p-1. The SMILES string of the molecule is CCn1cc(C(=O)[O-])c(-c2ccccc2Cl)n1. The molecule has 0 aliphatic heterocycles. The number of nitrogens with zero attached hydrogens (tertiary/aromatic N) is 2. The molecule has 17 heavy (non-hydrogen) atoms. The van der Waals surface area contributed by atoms with Gasteiger partial charge >= 0.3 is 0 Å². The van der Waals surface area contributed by atoms with Crippen molar-refractivity contribution in [3.8, 4) is 11.3 Å². The summed E-state index contributed by atoms with van der Waals surface area (Å²) in [5, 5.41) is 15.7. The molecular formula is C12H10ClN2O2-. The maximum Gasteiger partial charge on any atom is 0.103 e. The van der Waals surface area contributed by atoms with Gasteiger partial charge in [-0.3, -0.25) is 4.68 Å². The van der Waals surface area contributed by atoms with Crippen molar-refractivity contribution in [1.29, 1.82) is 0 Å². The lowest BCUT2D eigenvalue weighted by Gasteiger charge is -2.04. The number of carbonyl (C=O) groups excluding carboxylic acids is 1. The number of carboxylic acids is 1. The van der Waals surface area contributed by atoms with Gasteiger partial charge in [0.05, 0.1) is 11.0 Å². The van der Waals surface area contributed by atoms with Gasteiger partial charge in [0.2, 0.25) is 0 Å². The monoisotopic (exact) mass is 249 g/mol. The van der Waals surface area contributed by atoms with Gasteiger partial charge in [-0.05, 0) is 13.0 Å². The lowest BCUT2D eigenvalue weighted by molar-refractivity contribution is -0.254. The highest BCUT2D eigenvalue weighted by atomic mass is 35.5. The topological polar surface area (TPSA) is 58.0 Å². The summed E-state index contributed by atoms with van der Waals surface area (Å²) < 4.78 is 1.55. The van der Waals surface area contributed by atoms with E-state index < -0.39 is 5.97 Å². The molecule has 0 radical (unpaired) electrons. The van der Waals surface area contributed by atoms with E-state index in [0.717, 1.165) is 0 Å². The Hall–Kier alpha value is -1.81. The number of benzene rings is 1. The highest BCUT2D eigenvalue weighted by Gasteiger charge is 2.13. The van der Waals surface area contributed by atoms with Crippen molar-refractivity contribution in [2.45, 2.75) is 13.5 Å². The molecule has 0 spiro atoms. The number of carboxylic acid groups (broad SMARTS) is 1. The summed E-state index contributed by atoms with van der Waals surface area (Å²) in [6.07, 6.45) is 1.45. The van der Waals surface area contributed by atoms with Gasteiger partial charge in [-0.2, -0.15) is 5.10 Å². The fourth-order valence-electron chi connectivity index (χ4n) is 1.58. The van der Waals surface area contributed by atoms with Crippen LogP contribution in [0, 0.1) is 0 Å². The Bertz CT molecular complexity index is 563. The van der Waals surface area contributed by atoms with Crippen LogP contribution in [-0.4, -0.2) is 15.7 Å². The molecule has 0 saturated carbocycles. The molecule has 1 heterocycles. The number of hydrogen-bond donors (Lipinski definition) is 0. The number of aryl methyl sites for hydroxylation is 1. The quantitative estimate of drug-likeness (QED) is 0.830. The average Bonchev–Trinajstić information content (AvgIpc) is 2.73. The summed E-state index contributed by atoms with van der Waals surface area (Å²) in [6.45, 7) is 2.47. The highest BCUT2D eigenvalue weighted by Crippen LogP contribution is 2.28. The summed E-state index contributed by atoms with van der Waals surface area (Å²) in [5.41, 5.74) is 0.998. The Morgan fingerprint density at radius 1 is 1.47 bits per heavy atom. The molecule has 0 aliphatic rings. The van der Waals surface area contributed by atoms with Crippen molar-refractivity contribution in [1.82, 2.24) is 9.78 Å². The Morgan fingerprint density at radius 2 is 2.18 bits per heavy atom. The largest absolute Gasteiger partial charge is 0.545 e. The van der Waals surface area contributed by atoms with Crippen LogP contribution in [0.25, 0.3) is 11.3 Å². The Kier molecular flexibility index (Phi) is 3.15. The number of aromatic nitrogens is 2. The van der Waals surface area contributed by atoms with E-state index in [2.05, 4.69) is 5.10 Å². The van der Waals surface area contributed by atoms with Gasteiger partial charge in [0.25, 0.3) is 0 Å². The number of carbonyl (C=O) groups is 1. The zero-order valence-corrected chi connectivity index (χ0v) is 9.94. The molecule has 0 atom stereocenters. The van der Waals surface area contributed by atoms with E-state index >= 15 is 0 Å². The van der Waals surface area contributed by atoms with Crippen molar-refractivity contribution >= 4 is 17.6 Å². The van der Waals surface area contributed by atoms with Gasteiger partial charge in [0.15, 0.2) is 0 Å². The normalized spacial score (nSPS) is 10.5. The maximum atomic E-state index is 11.0. The molecule has 0 N–H and O–H groups in total. The molecule has 1 aromatic heterocycles. The third-order valence-corrected chi connectivity index (χ3v) is 2.76. The van der Waals surface area contributed by atoms with E-state index in [1.807, 2.05) is 6.92 Å².